The lowest BCUT2D eigenvalue weighted by molar-refractivity contribution is -0.142. The third kappa shape index (κ3) is 5.62. The van der Waals surface area contributed by atoms with Crippen LogP contribution in [0.3, 0.4) is 0 Å². The van der Waals surface area contributed by atoms with Crippen LogP contribution in [0.15, 0.2) is 0 Å². The number of amides is 2. The summed E-state index contributed by atoms with van der Waals surface area (Å²) < 4.78 is 0. The van der Waals surface area contributed by atoms with E-state index in [0.717, 1.165) is 0 Å². The highest BCUT2D eigenvalue weighted by atomic mass is 16.4. The molecule has 0 aromatic carbocycles. The van der Waals surface area contributed by atoms with Crippen molar-refractivity contribution >= 4 is 17.8 Å². The molecule has 0 aromatic heterocycles. The van der Waals surface area contributed by atoms with Crippen molar-refractivity contribution < 1.29 is 19.5 Å². The fourth-order valence-electron chi connectivity index (χ4n) is 1.20. The Labute approximate surface area is 106 Å². The summed E-state index contributed by atoms with van der Waals surface area (Å²) in [7, 11) is 0. The van der Waals surface area contributed by atoms with Gasteiger partial charge >= 0.3 is 5.97 Å². The Kier molecular flexibility index (Phi) is 5.77. The molecule has 2 atom stereocenters. The van der Waals surface area contributed by atoms with Crippen LogP contribution in [0.4, 0.5) is 0 Å². The molecule has 0 spiro atoms. The Morgan fingerprint density at radius 2 is 1.78 bits per heavy atom. The number of carbonyl (C=O) groups is 3. The first kappa shape index (κ1) is 16.4. The molecule has 6 N–H and O–H groups in total. The number of nitrogens with one attached hydrogen (secondary N) is 1. The number of primary amides is 1. The maximum absolute atomic E-state index is 11.7. The zero-order chi connectivity index (χ0) is 14.5. The van der Waals surface area contributed by atoms with Gasteiger partial charge in [-0.1, -0.05) is 20.8 Å². The molecular formula is C11H21N3O4. The van der Waals surface area contributed by atoms with E-state index < -0.39 is 35.3 Å². The number of hydrogen-bond acceptors (Lipinski definition) is 4. The number of carbonyl (C=O) groups excluding carboxylic acids is 2. The van der Waals surface area contributed by atoms with Crippen molar-refractivity contribution in [3.8, 4) is 0 Å². The molecule has 18 heavy (non-hydrogen) atoms. The van der Waals surface area contributed by atoms with Gasteiger partial charge in [-0.3, -0.25) is 9.59 Å². The van der Waals surface area contributed by atoms with Crippen LogP contribution >= 0.6 is 0 Å². The van der Waals surface area contributed by atoms with E-state index in [1.54, 1.807) is 20.8 Å². The topological polar surface area (TPSA) is 136 Å². The first-order valence-electron chi connectivity index (χ1n) is 5.62. The number of carboxylic acid groups (broad SMARTS) is 1. The molecule has 0 aliphatic carbocycles. The van der Waals surface area contributed by atoms with Crippen molar-refractivity contribution in [3.63, 3.8) is 0 Å². The van der Waals surface area contributed by atoms with Crippen molar-refractivity contribution in [3.05, 3.63) is 0 Å². The first-order valence-corrected chi connectivity index (χ1v) is 5.62. The summed E-state index contributed by atoms with van der Waals surface area (Å²) >= 11 is 0. The van der Waals surface area contributed by atoms with Gasteiger partial charge in [0.2, 0.25) is 11.8 Å². The summed E-state index contributed by atoms with van der Waals surface area (Å²) in [6.45, 7) is 5.32. The van der Waals surface area contributed by atoms with Crippen LogP contribution in [0.1, 0.15) is 33.6 Å². The summed E-state index contributed by atoms with van der Waals surface area (Å²) in [5.74, 6) is -2.39. The van der Waals surface area contributed by atoms with Crippen LogP contribution in [-0.2, 0) is 14.4 Å². The minimum atomic E-state index is -1.22. The fraction of sp³-hybridized carbons (Fsp3) is 0.727. The molecule has 0 rings (SSSR count). The Hall–Kier alpha value is -1.63. The zero-order valence-electron chi connectivity index (χ0n) is 10.9. The first-order chi connectivity index (χ1) is 8.05. The largest absolute Gasteiger partial charge is 0.480 e. The molecule has 0 fully saturated rings. The second-order valence-corrected chi connectivity index (χ2v) is 5.25. The molecule has 0 heterocycles. The summed E-state index contributed by atoms with van der Waals surface area (Å²) in [5, 5.41) is 11.2. The van der Waals surface area contributed by atoms with Gasteiger partial charge in [0, 0.05) is 6.42 Å². The molecule has 0 aromatic rings. The molecule has 0 radical (unpaired) electrons. The van der Waals surface area contributed by atoms with E-state index in [1.165, 1.54) is 0 Å². The number of rotatable bonds is 6. The number of aliphatic carboxylic acids is 1. The molecule has 0 aliphatic heterocycles. The minimum Gasteiger partial charge on any atom is -0.480 e. The standard InChI is InChI=1S/C11H21N3O4/c1-11(2,3)8(13)9(16)14-6(10(17)18)4-5-7(12)15/h6,8H,4-5,13H2,1-3H3,(H2,12,15)(H,14,16)(H,17,18)/t6?,8-/m1/s1. The highest BCUT2D eigenvalue weighted by Gasteiger charge is 2.30. The molecule has 0 aliphatic rings. The second-order valence-electron chi connectivity index (χ2n) is 5.25. The summed E-state index contributed by atoms with van der Waals surface area (Å²) in [5.41, 5.74) is 10.2. The van der Waals surface area contributed by atoms with E-state index in [9.17, 15) is 14.4 Å². The minimum absolute atomic E-state index is 0.0483. The van der Waals surface area contributed by atoms with Crippen molar-refractivity contribution in [1.82, 2.24) is 5.32 Å². The highest BCUT2D eigenvalue weighted by Crippen LogP contribution is 2.17. The van der Waals surface area contributed by atoms with Crippen molar-refractivity contribution in [2.45, 2.75) is 45.7 Å². The van der Waals surface area contributed by atoms with E-state index in [4.69, 9.17) is 16.6 Å². The summed E-state index contributed by atoms with van der Waals surface area (Å²) in [6, 6.07) is -1.98. The number of nitrogens with two attached hydrogens (primary N) is 2. The maximum Gasteiger partial charge on any atom is 0.326 e. The average molecular weight is 259 g/mol. The molecule has 1 unspecified atom stereocenters. The van der Waals surface area contributed by atoms with E-state index >= 15 is 0 Å². The Morgan fingerprint density at radius 3 is 2.11 bits per heavy atom. The van der Waals surface area contributed by atoms with Crippen LogP contribution in [0, 0.1) is 5.41 Å². The Balaban J connectivity index is 4.55. The third-order valence-corrected chi connectivity index (χ3v) is 2.51. The molecule has 104 valence electrons. The van der Waals surface area contributed by atoms with E-state index in [1.807, 2.05) is 0 Å². The van der Waals surface area contributed by atoms with Gasteiger partial charge in [-0.25, -0.2) is 4.79 Å². The van der Waals surface area contributed by atoms with Gasteiger partial charge < -0.3 is 21.9 Å². The SMILES string of the molecule is CC(C)(C)[C@H](N)C(=O)NC(CCC(N)=O)C(=O)O. The molecule has 2 amide bonds. The summed E-state index contributed by atoms with van der Waals surface area (Å²) in [6.07, 6.45) is -0.157. The van der Waals surface area contributed by atoms with Crippen LogP contribution in [-0.4, -0.2) is 35.0 Å². The lowest BCUT2D eigenvalue weighted by Crippen LogP contribution is -2.53. The van der Waals surface area contributed by atoms with Crippen molar-refractivity contribution in [2.75, 3.05) is 0 Å². The zero-order valence-corrected chi connectivity index (χ0v) is 10.9. The highest BCUT2D eigenvalue weighted by molar-refractivity contribution is 5.87. The monoisotopic (exact) mass is 259 g/mol. The average Bonchev–Trinajstić information content (AvgIpc) is 2.20. The van der Waals surface area contributed by atoms with Gasteiger partial charge in [0.15, 0.2) is 0 Å². The van der Waals surface area contributed by atoms with E-state index in [-0.39, 0.29) is 12.8 Å². The van der Waals surface area contributed by atoms with Gasteiger partial charge in [0.05, 0.1) is 6.04 Å². The smallest absolute Gasteiger partial charge is 0.326 e. The van der Waals surface area contributed by atoms with Crippen LogP contribution < -0.4 is 16.8 Å². The Bertz CT molecular complexity index is 336. The maximum atomic E-state index is 11.7. The predicted octanol–water partition coefficient (Wildman–Crippen LogP) is -0.805. The quantitative estimate of drug-likeness (QED) is 0.495. The van der Waals surface area contributed by atoms with Gasteiger partial charge in [0.25, 0.3) is 0 Å². The Morgan fingerprint density at radius 1 is 1.28 bits per heavy atom. The molecular weight excluding hydrogens is 238 g/mol. The second kappa shape index (κ2) is 6.34. The fourth-order valence-corrected chi connectivity index (χ4v) is 1.20. The van der Waals surface area contributed by atoms with Crippen LogP contribution in [0.25, 0.3) is 0 Å². The van der Waals surface area contributed by atoms with E-state index in [0.29, 0.717) is 0 Å². The third-order valence-electron chi connectivity index (χ3n) is 2.51. The summed E-state index contributed by atoms with van der Waals surface area (Å²) in [4.78, 5) is 33.2. The number of hydrogen-bond donors (Lipinski definition) is 4. The van der Waals surface area contributed by atoms with Gasteiger partial charge in [-0.15, -0.1) is 0 Å². The molecule has 7 nitrogen and oxygen atoms in total. The van der Waals surface area contributed by atoms with Gasteiger partial charge in [-0.2, -0.15) is 0 Å². The van der Waals surface area contributed by atoms with Crippen LogP contribution in [0.5, 0.6) is 0 Å². The molecule has 7 heteroatoms. The molecule has 0 bridgehead atoms. The van der Waals surface area contributed by atoms with Gasteiger partial charge in [-0.05, 0) is 11.8 Å². The van der Waals surface area contributed by atoms with Crippen LogP contribution in [0.2, 0.25) is 0 Å². The molecule has 0 saturated carbocycles. The van der Waals surface area contributed by atoms with E-state index in [2.05, 4.69) is 5.32 Å². The molecule has 0 saturated heterocycles. The van der Waals surface area contributed by atoms with Crippen molar-refractivity contribution in [1.29, 1.82) is 0 Å². The lowest BCUT2D eigenvalue weighted by atomic mass is 9.86. The normalized spacial score (nSPS) is 14.7. The van der Waals surface area contributed by atoms with Gasteiger partial charge in [0.1, 0.15) is 6.04 Å². The van der Waals surface area contributed by atoms with Crippen molar-refractivity contribution in [2.24, 2.45) is 16.9 Å². The predicted molar refractivity (Wildman–Crippen MR) is 65.4 cm³/mol. The lowest BCUT2D eigenvalue weighted by Gasteiger charge is -2.27. The number of carboxylic acids is 1.